The third kappa shape index (κ3) is 5.03. The largest absolute Gasteiger partial charge is 0.322 e. The van der Waals surface area contributed by atoms with Crippen molar-refractivity contribution in [2.45, 2.75) is 6.92 Å². The number of aromatic nitrogens is 2. The van der Waals surface area contributed by atoms with Gasteiger partial charge in [-0.15, -0.1) is 11.3 Å². The molecule has 5 rings (SSSR count). The van der Waals surface area contributed by atoms with Gasteiger partial charge in [0.2, 0.25) is 0 Å². The van der Waals surface area contributed by atoms with E-state index in [1.54, 1.807) is 47.9 Å². The van der Waals surface area contributed by atoms with E-state index in [2.05, 4.69) is 20.8 Å². The maximum absolute atomic E-state index is 13.1. The number of benzene rings is 2. The van der Waals surface area contributed by atoms with Crippen LogP contribution in [0.5, 0.6) is 0 Å². The average Bonchev–Trinajstić information content (AvgIpc) is 3.47. The van der Waals surface area contributed by atoms with E-state index in [4.69, 9.17) is 4.98 Å². The van der Waals surface area contributed by atoms with Gasteiger partial charge in [0.1, 0.15) is 0 Å². The standard InChI is InChI=1S/C28H21N5O2S/c1-18(19-10-12-21(13-11-19)30-27(34)20-6-4-14-29-17-20)32-33-28(35)23-16-25(26-9-5-15-36-26)31-24-8-3-2-7-22(23)24/h2-17H,1H3,(H,30,34)(H,33,35). The van der Waals surface area contributed by atoms with Crippen molar-refractivity contribution in [1.82, 2.24) is 15.4 Å². The van der Waals surface area contributed by atoms with E-state index >= 15 is 0 Å². The molecule has 36 heavy (non-hydrogen) atoms. The number of carbonyl (C=O) groups excluding carboxylic acids is 2. The molecule has 5 aromatic rings. The summed E-state index contributed by atoms with van der Waals surface area (Å²) in [5, 5.41) is 9.89. The maximum Gasteiger partial charge on any atom is 0.272 e. The number of fused-ring (bicyclic) bond motifs is 1. The molecule has 0 unspecified atom stereocenters. The second-order valence-corrected chi connectivity index (χ2v) is 8.91. The molecule has 0 aliphatic carbocycles. The van der Waals surface area contributed by atoms with Crippen molar-refractivity contribution in [3.05, 3.63) is 113 Å². The van der Waals surface area contributed by atoms with Crippen molar-refractivity contribution in [1.29, 1.82) is 0 Å². The second kappa shape index (κ2) is 10.3. The minimum atomic E-state index is -0.314. The first-order valence-electron chi connectivity index (χ1n) is 11.2. The fraction of sp³-hybridized carbons (Fsp3) is 0.0357. The third-order valence-corrected chi connectivity index (χ3v) is 6.44. The van der Waals surface area contributed by atoms with E-state index in [0.29, 0.717) is 22.5 Å². The van der Waals surface area contributed by atoms with Crippen LogP contribution < -0.4 is 10.7 Å². The van der Waals surface area contributed by atoms with Gasteiger partial charge < -0.3 is 5.32 Å². The Morgan fingerprint density at radius 3 is 2.47 bits per heavy atom. The Kier molecular flexibility index (Phi) is 6.59. The molecule has 0 saturated carbocycles. The van der Waals surface area contributed by atoms with Gasteiger partial charge in [0, 0.05) is 23.5 Å². The van der Waals surface area contributed by atoms with Crippen LogP contribution in [-0.4, -0.2) is 27.5 Å². The van der Waals surface area contributed by atoms with E-state index < -0.39 is 0 Å². The highest BCUT2D eigenvalue weighted by molar-refractivity contribution is 7.13. The number of nitrogens with zero attached hydrogens (tertiary/aromatic N) is 3. The van der Waals surface area contributed by atoms with Crippen LogP contribution >= 0.6 is 11.3 Å². The van der Waals surface area contributed by atoms with E-state index in [9.17, 15) is 9.59 Å². The van der Waals surface area contributed by atoms with Crippen LogP contribution in [-0.2, 0) is 0 Å². The van der Waals surface area contributed by atoms with Crippen LogP contribution in [0.3, 0.4) is 0 Å². The molecule has 176 valence electrons. The normalized spacial score (nSPS) is 11.3. The van der Waals surface area contributed by atoms with Crippen molar-refractivity contribution >= 4 is 45.5 Å². The molecule has 0 radical (unpaired) electrons. The first-order valence-corrected chi connectivity index (χ1v) is 12.1. The van der Waals surface area contributed by atoms with E-state index in [-0.39, 0.29) is 11.8 Å². The molecule has 3 aromatic heterocycles. The van der Waals surface area contributed by atoms with Gasteiger partial charge in [0.15, 0.2) is 0 Å². The molecule has 0 spiro atoms. The zero-order valence-corrected chi connectivity index (χ0v) is 20.1. The van der Waals surface area contributed by atoms with Gasteiger partial charge in [0.25, 0.3) is 11.8 Å². The Bertz CT molecular complexity index is 1560. The lowest BCUT2D eigenvalue weighted by Gasteiger charge is -2.09. The van der Waals surface area contributed by atoms with Gasteiger partial charge >= 0.3 is 0 Å². The topological polar surface area (TPSA) is 96.3 Å². The molecular weight excluding hydrogens is 470 g/mol. The van der Waals surface area contributed by atoms with Crippen LogP contribution in [0.25, 0.3) is 21.5 Å². The van der Waals surface area contributed by atoms with Crippen LogP contribution in [0.15, 0.2) is 102 Å². The molecule has 0 aliphatic rings. The molecule has 0 fully saturated rings. The summed E-state index contributed by atoms with van der Waals surface area (Å²) in [5.41, 5.74) is 7.25. The summed E-state index contributed by atoms with van der Waals surface area (Å²) in [6.45, 7) is 1.81. The SMILES string of the molecule is CC(=NNC(=O)c1cc(-c2cccs2)nc2ccccc12)c1ccc(NC(=O)c2cccnc2)cc1. The highest BCUT2D eigenvalue weighted by Crippen LogP contribution is 2.27. The number of hydrogen-bond acceptors (Lipinski definition) is 6. The number of amides is 2. The van der Waals surface area contributed by atoms with Crippen molar-refractivity contribution < 1.29 is 9.59 Å². The lowest BCUT2D eigenvalue weighted by Crippen LogP contribution is -2.20. The molecule has 0 bridgehead atoms. The van der Waals surface area contributed by atoms with Crippen molar-refractivity contribution in [2.24, 2.45) is 5.10 Å². The molecule has 3 heterocycles. The van der Waals surface area contributed by atoms with E-state index in [0.717, 1.165) is 27.0 Å². The Balaban J connectivity index is 1.32. The van der Waals surface area contributed by atoms with Crippen molar-refractivity contribution in [3.63, 3.8) is 0 Å². The highest BCUT2D eigenvalue weighted by atomic mass is 32.1. The highest BCUT2D eigenvalue weighted by Gasteiger charge is 2.14. The fourth-order valence-electron chi connectivity index (χ4n) is 3.67. The smallest absolute Gasteiger partial charge is 0.272 e. The summed E-state index contributed by atoms with van der Waals surface area (Å²) in [5.74, 6) is -0.550. The van der Waals surface area contributed by atoms with Crippen LogP contribution in [0, 0.1) is 0 Å². The minimum Gasteiger partial charge on any atom is -0.322 e. The lowest BCUT2D eigenvalue weighted by molar-refractivity contribution is 0.0955. The molecule has 7 nitrogen and oxygen atoms in total. The third-order valence-electron chi connectivity index (χ3n) is 5.54. The van der Waals surface area contributed by atoms with Gasteiger partial charge in [-0.05, 0) is 60.3 Å². The molecule has 0 atom stereocenters. The van der Waals surface area contributed by atoms with Gasteiger partial charge in [-0.3, -0.25) is 14.6 Å². The second-order valence-electron chi connectivity index (χ2n) is 7.96. The van der Waals surface area contributed by atoms with Crippen LogP contribution in [0.2, 0.25) is 0 Å². The Morgan fingerprint density at radius 1 is 0.889 bits per heavy atom. The van der Waals surface area contributed by atoms with Crippen molar-refractivity contribution in [2.75, 3.05) is 5.32 Å². The number of thiophene rings is 1. The monoisotopic (exact) mass is 491 g/mol. The zero-order valence-electron chi connectivity index (χ0n) is 19.3. The molecule has 0 aliphatic heterocycles. The first kappa shape index (κ1) is 23.1. The molecule has 2 N–H and O–H groups in total. The van der Waals surface area contributed by atoms with E-state index in [1.165, 1.54) is 6.20 Å². The van der Waals surface area contributed by atoms with Gasteiger partial charge in [0.05, 0.1) is 32.9 Å². The number of para-hydroxylation sites is 1. The molecule has 0 saturated heterocycles. The molecule has 2 amide bonds. The summed E-state index contributed by atoms with van der Waals surface area (Å²) in [6, 6.07) is 24.0. The Hall–Kier alpha value is -4.69. The maximum atomic E-state index is 13.1. The number of hydrogen-bond donors (Lipinski definition) is 2. The minimum absolute atomic E-state index is 0.236. The predicted octanol–water partition coefficient (Wildman–Crippen LogP) is 5.76. The Labute approximate surface area is 211 Å². The number of nitrogens with one attached hydrogen (secondary N) is 2. The quantitative estimate of drug-likeness (QED) is 0.233. The zero-order chi connectivity index (χ0) is 24.9. The average molecular weight is 492 g/mol. The number of hydrazone groups is 1. The first-order chi connectivity index (χ1) is 17.6. The number of pyridine rings is 2. The number of rotatable bonds is 6. The summed E-state index contributed by atoms with van der Waals surface area (Å²) in [6.07, 6.45) is 3.13. The molecular formula is C28H21N5O2S. The molecule has 2 aromatic carbocycles. The number of carbonyl (C=O) groups is 2. The van der Waals surface area contributed by atoms with Gasteiger partial charge in [-0.1, -0.05) is 36.4 Å². The van der Waals surface area contributed by atoms with Crippen molar-refractivity contribution in [3.8, 4) is 10.6 Å². The van der Waals surface area contributed by atoms with Gasteiger partial charge in [-0.25, -0.2) is 10.4 Å². The summed E-state index contributed by atoms with van der Waals surface area (Å²) in [4.78, 5) is 35.1. The van der Waals surface area contributed by atoms with Crippen LogP contribution in [0.4, 0.5) is 5.69 Å². The lowest BCUT2D eigenvalue weighted by atomic mass is 10.1. The van der Waals surface area contributed by atoms with E-state index in [1.807, 2.05) is 60.8 Å². The number of anilines is 1. The summed E-state index contributed by atoms with van der Waals surface area (Å²) >= 11 is 1.57. The fourth-order valence-corrected chi connectivity index (χ4v) is 4.35. The van der Waals surface area contributed by atoms with Gasteiger partial charge in [-0.2, -0.15) is 5.10 Å². The summed E-state index contributed by atoms with van der Waals surface area (Å²) in [7, 11) is 0. The summed E-state index contributed by atoms with van der Waals surface area (Å²) < 4.78 is 0. The molecule has 8 heteroatoms. The Morgan fingerprint density at radius 2 is 1.72 bits per heavy atom. The predicted molar refractivity (Wildman–Crippen MR) is 143 cm³/mol. The van der Waals surface area contributed by atoms with Crippen LogP contribution in [0.1, 0.15) is 33.2 Å².